The fourth-order valence-electron chi connectivity index (χ4n) is 3.42. The zero-order chi connectivity index (χ0) is 19.3. The first kappa shape index (κ1) is 17.6. The van der Waals surface area contributed by atoms with Crippen LogP contribution in [0, 0.1) is 0 Å². The van der Waals surface area contributed by atoms with E-state index in [2.05, 4.69) is 72.8 Å². The van der Waals surface area contributed by atoms with Crippen LogP contribution in [0.25, 0.3) is 11.1 Å². The van der Waals surface area contributed by atoms with E-state index in [-0.39, 0.29) is 0 Å². The van der Waals surface area contributed by atoms with E-state index in [1.807, 2.05) is 36.4 Å². The summed E-state index contributed by atoms with van der Waals surface area (Å²) >= 11 is 0. The van der Waals surface area contributed by atoms with Gasteiger partial charge in [0.05, 0.1) is 0 Å². The fraction of sp³-hybridized carbons (Fsp3) is 0. The minimum absolute atomic E-state index is 0.755. The lowest BCUT2D eigenvalue weighted by molar-refractivity contribution is 1.50. The monoisotopic (exact) mass is 362 g/mol. The summed E-state index contributed by atoms with van der Waals surface area (Å²) in [6, 6.07) is 37.0. The number of benzene rings is 4. The molecule has 2 nitrogen and oxygen atoms in total. The van der Waals surface area contributed by atoms with Gasteiger partial charge < -0.3 is 11.5 Å². The lowest BCUT2D eigenvalue weighted by Crippen LogP contribution is -1.98. The average molecular weight is 362 g/mol. The van der Waals surface area contributed by atoms with E-state index in [9.17, 15) is 0 Å². The van der Waals surface area contributed by atoms with Gasteiger partial charge in [-0.1, -0.05) is 84.9 Å². The SMILES string of the molecule is Nc1ccc(/C(=C(/c2ccccc2)c2ccc(N)cc2)c2ccccc2)cc1. The zero-order valence-electron chi connectivity index (χ0n) is 15.5. The summed E-state index contributed by atoms with van der Waals surface area (Å²) in [6.07, 6.45) is 0. The molecule has 0 unspecified atom stereocenters. The van der Waals surface area contributed by atoms with E-state index in [1.165, 1.54) is 0 Å². The Hall–Kier alpha value is -3.78. The standard InChI is InChI=1S/C26H22N2/c27-23-15-11-21(12-16-23)25(19-7-3-1-4-8-19)26(20-9-5-2-6-10-20)22-13-17-24(28)18-14-22/h1-18H,27-28H2/b26-25-. The van der Waals surface area contributed by atoms with Gasteiger partial charge in [0.1, 0.15) is 0 Å². The first-order valence-corrected chi connectivity index (χ1v) is 9.29. The number of anilines is 2. The minimum atomic E-state index is 0.755. The van der Waals surface area contributed by atoms with Crippen LogP contribution in [0.3, 0.4) is 0 Å². The lowest BCUT2D eigenvalue weighted by atomic mass is 9.86. The van der Waals surface area contributed by atoms with Crippen molar-refractivity contribution >= 4 is 22.5 Å². The molecule has 28 heavy (non-hydrogen) atoms. The molecule has 0 aromatic heterocycles. The summed E-state index contributed by atoms with van der Waals surface area (Å²) in [5.74, 6) is 0. The highest BCUT2D eigenvalue weighted by Gasteiger charge is 2.15. The van der Waals surface area contributed by atoms with Crippen LogP contribution in [0.1, 0.15) is 22.3 Å². The maximum atomic E-state index is 5.95. The fourth-order valence-corrected chi connectivity index (χ4v) is 3.42. The van der Waals surface area contributed by atoms with Crippen LogP contribution in [0.2, 0.25) is 0 Å². The smallest absolute Gasteiger partial charge is 0.0314 e. The molecule has 4 aromatic carbocycles. The second-order valence-corrected chi connectivity index (χ2v) is 6.73. The molecule has 0 saturated heterocycles. The summed E-state index contributed by atoms with van der Waals surface area (Å²) in [4.78, 5) is 0. The van der Waals surface area contributed by atoms with E-state index in [4.69, 9.17) is 11.5 Å². The Kier molecular flexibility index (Phi) is 4.94. The molecule has 4 rings (SSSR count). The van der Waals surface area contributed by atoms with Crippen molar-refractivity contribution in [3.63, 3.8) is 0 Å². The van der Waals surface area contributed by atoms with E-state index >= 15 is 0 Å². The predicted molar refractivity (Wildman–Crippen MR) is 120 cm³/mol. The van der Waals surface area contributed by atoms with Gasteiger partial charge in [0.25, 0.3) is 0 Å². The molecule has 0 aliphatic heterocycles. The van der Waals surface area contributed by atoms with E-state index < -0.39 is 0 Å². The van der Waals surface area contributed by atoms with Crippen molar-refractivity contribution in [1.82, 2.24) is 0 Å². The molecule has 0 saturated carbocycles. The second kappa shape index (κ2) is 7.85. The predicted octanol–water partition coefficient (Wildman–Crippen LogP) is 5.86. The average Bonchev–Trinajstić information content (AvgIpc) is 2.75. The molecule has 0 heterocycles. The van der Waals surface area contributed by atoms with Crippen LogP contribution >= 0.6 is 0 Å². The third kappa shape index (κ3) is 3.67. The van der Waals surface area contributed by atoms with Gasteiger partial charge >= 0.3 is 0 Å². The summed E-state index contributed by atoms with van der Waals surface area (Å²) in [5.41, 5.74) is 20.3. The molecule has 0 aliphatic rings. The van der Waals surface area contributed by atoms with E-state index in [0.717, 1.165) is 44.8 Å². The molecule has 4 N–H and O–H groups in total. The van der Waals surface area contributed by atoms with E-state index in [0.29, 0.717) is 0 Å². The molecule has 0 fully saturated rings. The van der Waals surface area contributed by atoms with Crippen LogP contribution in [0.4, 0.5) is 11.4 Å². The van der Waals surface area contributed by atoms with Gasteiger partial charge in [0.15, 0.2) is 0 Å². The van der Waals surface area contributed by atoms with Gasteiger partial charge in [-0.2, -0.15) is 0 Å². The van der Waals surface area contributed by atoms with Crippen molar-refractivity contribution < 1.29 is 0 Å². The van der Waals surface area contributed by atoms with Crippen LogP contribution in [-0.2, 0) is 0 Å². The Bertz CT molecular complexity index is 988. The van der Waals surface area contributed by atoms with Crippen molar-refractivity contribution in [3.8, 4) is 0 Å². The Morgan fingerprint density at radius 1 is 0.357 bits per heavy atom. The lowest BCUT2D eigenvalue weighted by Gasteiger charge is -2.18. The first-order chi connectivity index (χ1) is 13.7. The van der Waals surface area contributed by atoms with Crippen LogP contribution in [-0.4, -0.2) is 0 Å². The molecular weight excluding hydrogens is 340 g/mol. The Morgan fingerprint density at radius 2 is 0.643 bits per heavy atom. The van der Waals surface area contributed by atoms with Crippen LogP contribution in [0.15, 0.2) is 109 Å². The normalized spacial score (nSPS) is 11.7. The van der Waals surface area contributed by atoms with Gasteiger partial charge in [-0.3, -0.25) is 0 Å². The minimum Gasteiger partial charge on any atom is -0.399 e. The molecular formula is C26H22N2. The number of nitrogens with two attached hydrogens (primary N) is 2. The third-order valence-electron chi connectivity index (χ3n) is 4.77. The molecule has 4 aromatic rings. The highest BCUT2D eigenvalue weighted by atomic mass is 14.5. The Morgan fingerprint density at radius 3 is 0.964 bits per heavy atom. The quantitative estimate of drug-likeness (QED) is 0.353. The number of nitrogen functional groups attached to an aromatic ring is 2. The molecule has 2 heteroatoms. The van der Waals surface area contributed by atoms with Crippen molar-refractivity contribution in [2.75, 3.05) is 11.5 Å². The molecule has 0 bridgehead atoms. The maximum absolute atomic E-state index is 5.95. The number of hydrogen-bond donors (Lipinski definition) is 2. The van der Waals surface area contributed by atoms with Gasteiger partial charge in [0, 0.05) is 11.4 Å². The van der Waals surface area contributed by atoms with Crippen LogP contribution < -0.4 is 11.5 Å². The molecule has 0 amide bonds. The largest absolute Gasteiger partial charge is 0.399 e. The zero-order valence-corrected chi connectivity index (χ0v) is 15.5. The summed E-state index contributed by atoms with van der Waals surface area (Å²) in [7, 11) is 0. The third-order valence-corrected chi connectivity index (χ3v) is 4.77. The van der Waals surface area contributed by atoms with Gasteiger partial charge in [-0.25, -0.2) is 0 Å². The van der Waals surface area contributed by atoms with Crippen molar-refractivity contribution in [3.05, 3.63) is 131 Å². The highest BCUT2D eigenvalue weighted by Crippen LogP contribution is 2.37. The topological polar surface area (TPSA) is 52.0 Å². The Labute approximate surface area is 165 Å². The van der Waals surface area contributed by atoms with Gasteiger partial charge in [0.2, 0.25) is 0 Å². The Balaban J connectivity index is 2.08. The summed E-state index contributed by atoms with van der Waals surface area (Å²) in [6.45, 7) is 0. The molecule has 136 valence electrons. The summed E-state index contributed by atoms with van der Waals surface area (Å²) in [5, 5.41) is 0. The number of rotatable bonds is 4. The highest BCUT2D eigenvalue weighted by molar-refractivity contribution is 6.04. The van der Waals surface area contributed by atoms with Gasteiger partial charge in [-0.15, -0.1) is 0 Å². The molecule has 0 spiro atoms. The van der Waals surface area contributed by atoms with Gasteiger partial charge in [-0.05, 0) is 57.7 Å². The van der Waals surface area contributed by atoms with Crippen LogP contribution in [0.5, 0.6) is 0 Å². The van der Waals surface area contributed by atoms with Crippen molar-refractivity contribution in [2.45, 2.75) is 0 Å². The number of hydrogen-bond acceptors (Lipinski definition) is 2. The van der Waals surface area contributed by atoms with E-state index in [1.54, 1.807) is 0 Å². The molecule has 0 radical (unpaired) electrons. The maximum Gasteiger partial charge on any atom is 0.0314 e. The second-order valence-electron chi connectivity index (χ2n) is 6.73. The van der Waals surface area contributed by atoms with Crippen molar-refractivity contribution in [2.24, 2.45) is 0 Å². The van der Waals surface area contributed by atoms with Crippen molar-refractivity contribution in [1.29, 1.82) is 0 Å². The summed E-state index contributed by atoms with van der Waals surface area (Å²) < 4.78 is 0. The molecule has 0 aliphatic carbocycles. The molecule has 0 atom stereocenters. The first-order valence-electron chi connectivity index (χ1n) is 9.29.